The predicted molar refractivity (Wildman–Crippen MR) is 208 cm³/mol. The highest BCUT2D eigenvalue weighted by Crippen LogP contribution is 2.55. The summed E-state index contributed by atoms with van der Waals surface area (Å²) in [5.41, 5.74) is 12.7. The quantitative estimate of drug-likeness (QED) is 0.188. The highest BCUT2D eigenvalue weighted by molar-refractivity contribution is 7.25. The Morgan fingerprint density at radius 2 is 1.21 bits per heavy atom. The number of aromatic nitrogens is 1. The molecule has 2 nitrogen and oxygen atoms in total. The molecule has 0 aliphatic heterocycles. The molecule has 0 unspecified atom stereocenters. The molecule has 7 aromatic carbocycles. The minimum absolute atomic E-state index is 0.131. The van der Waals surface area contributed by atoms with E-state index in [4.69, 9.17) is 0 Å². The first-order chi connectivity index (χ1) is 23.4. The Balaban J connectivity index is 1.30. The molecule has 0 saturated heterocycles. The molecule has 2 heterocycles. The number of para-hydroxylation sites is 1. The van der Waals surface area contributed by atoms with Crippen LogP contribution in [0.1, 0.15) is 30.5 Å². The van der Waals surface area contributed by atoms with Crippen LogP contribution in [-0.2, 0) is 12.5 Å². The molecule has 1 aliphatic carbocycles. The Labute approximate surface area is 284 Å². The van der Waals surface area contributed by atoms with E-state index in [0.29, 0.717) is 0 Å². The maximum absolute atomic E-state index is 2.51. The van der Waals surface area contributed by atoms with Gasteiger partial charge in [-0.15, -0.1) is 11.3 Å². The fourth-order valence-corrected chi connectivity index (χ4v) is 9.52. The molecule has 0 amide bonds. The highest BCUT2D eigenvalue weighted by Gasteiger charge is 2.38. The Morgan fingerprint density at radius 3 is 2.06 bits per heavy atom. The van der Waals surface area contributed by atoms with Gasteiger partial charge in [0.25, 0.3) is 0 Å². The van der Waals surface area contributed by atoms with Crippen LogP contribution in [0.3, 0.4) is 0 Å². The molecule has 0 fully saturated rings. The summed E-state index contributed by atoms with van der Waals surface area (Å²) in [5, 5.41) is 7.75. The van der Waals surface area contributed by atoms with Crippen molar-refractivity contribution in [3.63, 3.8) is 0 Å². The first kappa shape index (κ1) is 27.7. The normalized spacial score (nSPS) is 13.6. The largest absolute Gasteiger partial charge is 0.344 e. The van der Waals surface area contributed by atoms with E-state index in [2.05, 4.69) is 171 Å². The maximum Gasteiger partial charge on any atom is 0.0543 e. The molecule has 3 heteroatoms. The molecule has 48 heavy (non-hydrogen) atoms. The van der Waals surface area contributed by atoms with E-state index in [-0.39, 0.29) is 5.41 Å². The van der Waals surface area contributed by atoms with Crippen LogP contribution in [0.25, 0.3) is 63.9 Å². The van der Waals surface area contributed by atoms with Crippen LogP contribution < -0.4 is 4.90 Å². The van der Waals surface area contributed by atoms with Crippen LogP contribution in [0.4, 0.5) is 17.1 Å². The number of aryl methyl sites for hydroxylation is 2. The fourth-order valence-electron chi connectivity index (χ4n) is 8.43. The molecular formula is C45H34N2S. The van der Waals surface area contributed by atoms with Crippen molar-refractivity contribution in [1.29, 1.82) is 0 Å². The van der Waals surface area contributed by atoms with Crippen LogP contribution in [0.15, 0.2) is 133 Å². The summed E-state index contributed by atoms with van der Waals surface area (Å²) >= 11 is 1.87. The number of fused-ring (bicyclic) bond motifs is 11. The van der Waals surface area contributed by atoms with Gasteiger partial charge in [-0.25, -0.2) is 0 Å². The summed E-state index contributed by atoms with van der Waals surface area (Å²) in [4.78, 5) is 2.51. The molecule has 0 atom stereocenters. The third-order valence-electron chi connectivity index (χ3n) is 10.8. The van der Waals surface area contributed by atoms with Gasteiger partial charge in [-0.3, -0.25) is 0 Å². The molecule has 9 aromatic rings. The molecule has 0 bridgehead atoms. The number of hydrogen-bond donors (Lipinski definition) is 0. The van der Waals surface area contributed by atoms with Crippen molar-refractivity contribution < 1.29 is 0 Å². The van der Waals surface area contributed by atoms with Crippen molar-refractivity contribution in [3.8, 4) is 11.1 Å². The highest BCUT2D eigenvalue weighted by atomic mass is 32.1. The average molecular weight is 635 g/mol. The number of benzene rings is 7. The lowest BCUT2D eigenvalue weighted by atomic mass is 9.81. The van der Waals surface area contributed by atoms with E-state index < -0.39 is 0 Å². The van der Waals surface area contributed by atoms with Gasteiger partial charge in [0.15, 0.2) is 0 Å². The average Bonchev–Trinajstić information content (AvgIpc) is 3.70. The van der Waals surface area contributed by atoms with Crippen molar-refractivity contribution in [1.82, 2.24) is 4.57 Å². The lowest BCUT2D eigenvalue weighted by Gasteiger charge is -2.30. The third-order valence-corrected chi connectivity index (χ3v) is 12.0. The van der Waals surface area contributed by atoms with Crippen LogP contribution >= 0.6 is 11.3 Å². The van der Waals surface area contributed by atoms with Gasteiger partial charge < -0.3 is 9.47 Å². The van der Waals surface area contributed by atoms with Crippen LogP contribution in [0.5, 0.6) is 0 Å². The van der Waals surface area contributed by atoms with E-state index in [1.54, 1.807) is 0 Å². The van der Waals surface area contributed by atoms with E-state index in [9.17, 15) is 0 Å². The van der Waals surface area contributed by atoms with E-state index in [1.807, 2.05) is 11.3 Å². The topological polar surface area (TPSA) is 8.17 Å². The van der Waals surface area contributed by atoms with Gasteiger partial charge in [-0.1, -0.05) is 104 Å². The summed E-state index contributed by atoms with van der Waals surface area (Å²) in [6, 6.07) is 50.1. The second-order valence-electron chi connectivity index (χ2n) is 13.9. The second-order valence-corrected chi connectivity index (χ2v) is 15.0. The molecule has 10 rings (SSSR count). The molecule has 230 valence electrons. The molecule has 0 saturated carbocycles. The van der Waals surface area contributed by atoms with Crippen molar-refractivity contribution in [2.45, 2.75) is 26.2 Å². The maximum atomic E-state index is 2.51. The Morgan fingerprint density at radius 1 is 0.542 bits per heavy atom. The molecule has 0 radical (unpaired) electrons. The lowest BCUT2D eigenvalue weighted by molar-refractivity contribution is 0.660. The number of nitrogens with zero attached hydrogens (tertiary/aromatic N) is 2. The smallest absolute Gasteiger partial charge is 0.0543 e. The second kappa shape index (κ2) is 9.82. The molecular weight excluding hydrogens is 601 g/mol. The SMILES string of the molecule is Cc1ccc2c(c1)C(C)(C)c1cc(N(c3ccc4sc5ccccc5c4c3)c3ccc4c5ccccc5n(C)c4c3)c3ccccc3c1-2. The van der Waals surface area contributed by atoms with Crippen molar-refractivity contribution in [2.75, 3.05) is 4.90 Å². The number of hydrogen-bond acceptors (Lipinski definition) is 2. The van der Waals surface area contributed by atoms with Crippen molar-refractivity contribution >= 4 is 81.1 Å². The van der Waals surface area contributed by atoms with E-state index in [0.717, 1.165) is 5.69 Å². The van der Waals surface area contributed by atoms with Gasteiger partial charge in [0.1, 0.15) is 0 Å². The van der Waals surface area contributed by atoms with Gasteiger partial charge >= 0.3 is 0 Å². The minimum Gasteiger partial charge on any atom is -0.344 e. The van der Waals surface area contributed by atoms with E-state index in [1.165, 1.54) is 91.9 Å². The first-order valence-corrected chi connectivity index (χ1v) is 17.6. The number of rotatable bonds is 3. The van der Waals surface area contributed by atoms with Gasteiger partial charge in [0.05, 0.1) is 11.2 Å². The zero-order chi connectivity index (χ0) is 32.3. The van der Waals surface area contributed by atoms with Gasteiger partial charge in [-0.2, -0.15) is 0 Å². The van der Waals surface area contributed by atoms with Crippen LogP contribution in [-0.4, -0.2) is 4.57 Å². The summed E-state index contributed by atoms with van der Waals surface area (Å²) in [6.07, 6.45) is 0. The minimum atomic E-state index is -0.131. The molecule has 0 N–H and O–H groups in total. The zero-order valence-corrected chi connectivity index (χ0v) is 28.3. The fraction of sp³-hybridized carbons (Fsp3) is 0.111. The van der Waals surface area contributed by atoms with Crippen molar-refractivity contribution in [3.05, 3.63) is 150 Å². The molecule has 0 spiro atoms. The van der Waals surface area contributed by atoms with Gasteiger partial charge in [0, 0.05) is 65.7 Å². The van der Waals surface area contributed by atoms with Crippen LogP contribution in [0.2, 0.25) is 0 Å². The Bertz CT molecular complexity index is 2790. The third kappa shape index (κ3) is 3.74. The lowest BCUT2D eigenvalue weighted by Crippen LogP contribution is -2.17. The first-order valence-electron chi connectivity index (χ1n) is 16.7. The summed E-state index contributed by atoms with van der Waals surface area (Å²) in [6.45, 7) is 6.99. The van der Waals surface area contributed by atoms with Gasteiger partial charge in [-0.05, 0) is 83.1 Å². The number of anilines is 3. The summed E-state index contributed by atoms with van der Waals surface area (Å²) < 4.78 is 4.98. The Hall–Kier alpha value is -5.38. The monoisotopic (exact) mass is 634 g/mol. The van der Waals surface area contributed by atoms with Crippen molar-refractivity contribution in [2.24, 2.45) is 7.05 Å². The van der Waals surface area contributed by atoms with E-state index >= 15 is 0 Å². The molecule has 2 aromatic heterocycles. The molecule has 1 aliphatic rings. The summed E-state index contributed by atoms with van der Waals surface area (Å²) in [7, 11) is 2.19. The standard InChI is InChI=1S/C45H34N2S/c1-27-17-20-35-37(23-27)45(2,3)38-26-41(31-12-5-6-14-34(31)44(35)38)47(28-19-22-43-36(24-28)33-13-8-10-16-42(33)48-43)29-18-21-32-30-11-7-9-15-39(30)46(4)40(32)25-29/h5-26H,1-4H3. The summed E-state index contributed by atoms with van der Waals surface area (Å²) in [5.74, 6) is 0. The van der Waals surface area contributed by atoms with Gasteiger partial charge in [0.2, 0.25) is 0 Å². The predicted octanol–water partition coefficient (Wildman–Crippen LogP) is 12.9. The zero-order valence-electron chi connectivity index (χ0n) is 27.5. The number of thiophene rings is 1. The van der Waals surface area contributed by atoms with Crippen LogP contribution in [0, 0.1) is 6.92 Å². The Kier molecular flexibility index (Phi) is 5.67.